The van der Waals surface area contributed by atoms with Gasteiger partial charge in [0.15, 0.2) is 5.16 Å². The summed E-state index contributed by atoms with van der Waals surface area (Å²) in [5.74, 6) is 1.29. The average Bonchev–Trinajstić information content (AvgIpc) is 2.54. The van der Waals surface area contributed by atoms with E-state index in [9.17, 15) is 4.79 Å². The lowest BCUT2D eigenvalue weighted by molar-refractivity contribution is 0.661. The Morgan fingerprint density at radius 1 is 1.64 bits per heavy atom. The number of alkyl halides is 1. The van der Waals surface area contributed by atoms with Crippen LogP contribution in [-0.4, -0.2) is 26.4 Å². The summed E-state index contributed by atoms with van der Waals surface area (Å²) < 4.78 is 1.60. The SMILES string of the molecule is CCn1c(SCC=CCCl)n[nH]c1=O. The lowest BCUT2D eigenvalue weighted by Gasteiger charge is -1.98. The zero-order chi connectivity index (χ0) is 10.4. The summed E-state index contributed by atoms with van der Waals surface area (Å²) in [6, 6.07) is 0. The van der Waals surface area contributed by atoms with Crippen molar-refractivity contribution >= 4 is 23.4 Å². The Balaban J connectivity index is 2.58. The molecular weight excluding hydrogens is 222 g/mol. The molecule has 4 nitrogen and oxygen atoms in total. The van der Waals surface area contributed by atoms with E-state index >= 15 is 0 Å². The number of halogens is 1. The van der Waals surface area contributed by atoms with E-state index in [1.165, 1.54) is 11.8 Å². The van der Waals surface area contributed by atoms with Crippen molar-refractivity contribution in [3.05, 3.63) is 22.6 Å². The lowest BCUT2D eigenvalue weighted by Crippen LogP contribution is -2.16. The monoisotopic (exact) mass is 233 g/mol. The highest BCUT2D eigenvalue weighted by Crippen LogP contribution is 2.12. The van der Waals surface area contributed by atoms with Gasteiger partial charge in [-0.25, -0.2) is 9.89 Å². The van der Waals surface area contributed by atoms with Crippen molar-refractivity contribution < 1.29 is 0 Å². The summed E-state index contributed by atoms with van der Waals surface area (Å²) in [6.07, 6.45) is 3.83. The normalized spacial score (nSPS) is 11.3. The second kappa shape index (κ2) is 5.93. The highest BCUT2D eigenvalue weighted by atomic mass is 35.5. The van der Waals surface area contributed by atoms with Crippen LogP contribution >= 0.6 is 23.4 Å². The molecule has 1 heterocycles. The van der Waals surface area contributed by atoms with Crippen LogP contribution in [0.15, 0.2) is 22.1 Å². The van der Waals surface area contributed by atoms with Crippen LogP contribution in [0.2, 0.25) is 0 Å². The zero-order valence-corrected chi connectivity index (χ0v) is 9.44. The molecule has 0 aliphatic rings. The smallest absolute Gasteiger partial charge is 0.270 e. The first kappa shape index (κ1) is 11.4. The van der Waals surface area contributed by atoms with Crippen molar-refractivity contribution in [1.82, 2.24) is 14.8 Å². The summed E-state index contributed by atoms with van der Waals surface area (Å²) in [7, 11) is 0. The van der Waals surface area contributed by atoms with Gasteiger partial charge in [-0.1, -0.05) is 23.9 Å². The van der Waals surface area contributed by atoms with Gasteiger partial charge in [-0.2, -0.15) is 0 Å². The van der Waals surface area contributed by atoms with Crippen LogP contribution in [0, 0.1) is 0 Å². The molecule has 0 aromatic carbocycles. The van der Waals surface area contributed by atoms with Gasteiger partial charge in [0.05, 0.1) is 0 Å². The Kier molecular flexibility index (Phi) is 4.82. The molecule has 0 saturated carbocycles. The van der Waals surface area contributed by atoms with Gasteiger partial charge in [0, 0.05) is 18.2 Å². The molecule has 0 aliphatic carbocycles. The standard InChI is InChI=1S/C8H12ClN3OS/c1-2-12-7(13)10-11-8(12)14-6-4-3-5-9/h3-4H,2,5-6H2,1H3,(H,10,13). The molecule has 0 bridgehead atoms. The van der Waals surface area contributed by atoms with Gasteiger partial charge in [0.2, 0.25) is 0 Å². The van der Waals surface area contributed by atoms with Crippen LogP contribution in [0.1, 0.15) is 6.92 Å². The Morgan fingerprint density at radius 3 is 3.07 bits per heavy atom. The number of allylic oxidation sites excluding steroid dienone is 1. The third kappa shape index (κ3) is 2.92. The summed E-state index contributed by atoms with van der Waals surface area (Å²) in [4.78, 5) is 11.2. The number of hydrogen-bond donors (Lipinski definition) is 1. The van der Waals surface area contributed by atoms with E-state index in [2.05, 4.69) is 10.2 Å². The lowest BCUT2D eigenvalue weighted by atomic mass is 10.6. The Bertz CT molecular complexity index is 358. The van der Waals surface area contributed by atoms with Gasteiger partial charge in [-0.05, 0) is 6.92 Å². The number of rotatable bonds is 5. The van der Waals surface area contributed by atoms with E-state index < -0.39 is 0 Å². The molecule has 14 heavy (non-hydrogen) atoms. The summed E-state index contributed by atoms with van der Waals surface area (Å²) in [6.45, 7) is 2.55. The van der Waals surface area contributed by atoms with Crippen molar-refractivity contribution in [2.24, 2.45) is 0 Å². The maximum absolute atomic E-state index is 11.2. The van der Waals surface area contributed by atoms with Gasteiger partial charge in [-0.3, -0.25) is 4.57 Å². The number of nitrogens with one attached hydrogen (secondary N) is 1. The minimum absolute atomic E-state index is 0.156. The Labute approximate surface area is 91.3 Å². The quantitative estimate of drug-likeness (QED) is 0.476. The van der Waals surface area contributed by atoms with E-state index in [4.69, 9.17) is 11.6 Å². The van der Waals surface area contributed by atoms with E-state index in [-0.39, 0.29) is 5.69 Å². The van der Waals surface area contributed by atoms with Crippen LogP contribution in [0.3, 0.4) is 0 Å². The van der Waals surface area contributed by atoms with Crippen molar-refractivity contribution in [3.63, 3.8) is 0 Å². The minimum Gasteiger partial charge on any atom is -0.270 e. The van der Waals surface area contributed by atoms with E-state index in [0.29, 0.717) is 12.4 Å². The third-order valence-corrected chi connectivity index (χ3v) is 2.71. The molecule has 1 aromatic heterocycles. The predicted molar refractivity (Wildman–Crippen MR) is 59.1 cm³/mol. The molecule has 1 rings (SSSR count). The largest absolute Gasteiger partial charge is 0.343 e. The number of hydrogen-bond acceptors (Lipinski definition) is 3. The molecule has 0 fully saturated rings. The first-order valence-electron chi connectivity index (χ1n) is 4.28. The van der Waals surface area contributed by atoms with Crippen LogP contribution in [0.4, 0.5) is 0 Å². The molecule has 0 saturated heterocycles. The molecule has 0 atom stereocenters. The molecule has 6 heteroatoms. The second-order valence-corrected chi connectivity index (χ2v) is 3.79. The molecule has 0 spiro atoms. The first-order valence-corrected chi connectivity index (χ1v) is 5.80. The maximum atomic E-state index is 11.2. The third-order valence-electron chi connectivity index (χ3n) is 1.60. The molecule has 0 radical (unpaired) electrons. The van der Waals surface area contributed by atoms with Crippen molar-refractivity contribution in [2.45, 2.75) is 18.6 Å². The highest BCUT2D eigenvalue weighted by molar-refractivity contribution is 7.99. The van der Waals surface area contributed by atoms with Crippen LogP contribution in [0.25, 0.3) is 0 Å². The van der Waals surface area contributed by atoms with Gasteiger partial charge in [-0.15, -0.1) is 16.7 Å². The number of H-pyrrole nitrogens is 1. The van der Waals surface area contributed by atoms with E-state index in [1.54, 1.807) is 4.57 Å². The molecule has 0 amide bonds. The van der Waals surface area contributed by atoms with E-state index in [1.807, 2.05) is 19.1 Å². The molecular formula is C8H12ClN3OS. The van der Waals surface area contributed by atoms with Gasteiger partial charge >= 0.3 is 5.69 Å². The maximum Gasteiger partial charge on any atom is 0.343 e. The summed E-state index contributed by atoms with van der Waals surface area (Å²) >= 11 is 6.98. The summed E-state index contributed by atoms with van der Waals surface area (Å²) in [5.41, 5.74) is -0.156. The number of thioether (sulfide) groups is 1. The van der Waals surface area contributed by atoms with Gasteiger partial charge in [0.1, 0.15) is 0 Å². The fraction of sp³-hybridized carbons (Fsp3) is 0.500. The first-order chi connectivity index (χ1) is 6.79. The van der Waals surface area contributed by atoms with Crippen LogP contribution in [-0.2, 0) is 6.54 Å². The minimum atomic E-state index is -0.156. The fourth-order valence-electron chi connectivity index (χ4n) is 0.946. The Hall–Kier alpha value is -0.680. The topological polar surface area (TPSA) is 50.7 Å². The second-order valence-electron chi connectivity index (χ2n) is 2.49. The fourth-order valence-corrected chi connectivity index (χ4v) is 1.93. The zero-order valence-electron chi connectivity index (χ0n) is 7.86. The van der Waals surface area contributed by atoms with Crippen molar-refractivity contribution in [2.75, 3.05) is 11.6 Å². The van der Waals surface area contributed by atoms with Crippen LogP contribution in [0.5, 0.6) is 0 Å². The molecule has 1 aromatic rings. The molecule has 1 N–H and O–H groups in total. The summed E-state index contributed by atoms with van der Waals surface area (Å²) in [5, 5.41) is 7.04. The van der Waals surface area contributed by atoms with Crippen molar-refractivity contribution in [1.29, 1.82) is 0 Å². The molecule has 0 unspecified atom stereocenters. The number of nitrogens with zero attached hydrogens (tertiary/aromatic N) is 2. The highest BCUT2D eigenvalue weighted by Gasteiger charge is 2.04. The number of aromatic nitrogens is 3. The Morgan fingerprint density at radius 2 is 2.43 bits per heavy atom. The molecule has 78 valence electrons. The number of aromatic amines is 1. The van der Waals surface area contributed by atoms with Crippen LogP contribution < -0.4 is 5.69 Å². The van der Waals surface area contributed by atoms with Gasteiger partial charge in [0.25, 0.3) is 0 Å². The van der Waals surface area contributed by atoms with E-state index in [0.717, 1.165) is 10.9 Å². The predicted octanol–water partition coefficient (Wildman–Crippen LogP) is 1.48. The van der Waals surface area contributed by atoms with Gasteiger partial charge < -0.3 is 0 Å². The average molecular weight is 234 g/mol. The van der Waals surface area contributed by atoms with Crippen molar-refractivity contribution in [3.8, 4) is 0 Å². The molecule has 0 aliphatic heterocycles.